The van der Waals surface area contributed by atoms with Crippen molar-refractivity contribution < 1.29 is 22.3 Å². The molecule has 1 N–H and O–H groups in total. The first-order valence-corrected chi connectivity index (χ1v) is 7.88. The summed E-state index contributed by atoms with van der Waals surface area (Å²) in [7, 11) is -4.03. The van der Waals surface area contributed by atoms with Crippen LogP contribution in [0, 0.1) is 11.6 Å². The topological polar surface area (TPSA) is 57.6 Å². The van der Waals surface area contributed by atoms with Crippen molar-refractivity contribution in [2.45, 2.75) is 23.8 Å². The van der Waals surface area contributed by atoms with Gasteiger partial charge in [-0.25, -0.2) is 17.2 Å². The number of rotatable bonds is 2. The Bertz CT molecular complexity index is 563. The van der Waals surface area contributed by atoms with Crippen molar-refractivity contribution in [2.24, 2.45) is 0 Å². The van der Waals surface area contributed by atoms with Crippen LogP contribution in [0.4, 0.5) is 8.78 Å². The molecule has 0 saturated carbocycles. The number of sulfonamides is 1. The lowest BCUT2D eigenvalue weighted by atomic mass is 10.1. The third-order valence-corrected chi connectivity index (χ3v) is 5.85. The highest BCUT2D eigenvalue weighted by Crippen LogP contribution is 2.30. The van der Waals surface area contributed by atoms with E-state index in [1.54, 1.807) is 0 Å². The number of hydrogen-bond donors (Lipinski definition) is 1. The molecule has 1 fully saturated rings. The summed E-state index contributed by atoms with van der Waals surface area (Å²) in [5.74, 6) is -1.98. The van der Waals surface area contributed by atoms with Crippen LogP contribution in [0.15, 0.2) is 21.5 Å². The number of hydrogen-bond acceptors (Lipinski definition) is 3. The van der Waals surface area contributed by atoms with Gasteiger partial charge in [-0.3, -0.25) is 0 Å². The van der Waals surface area contributed by atoms with Gasteiger partial charge in [-0.2, -0.15) is 4.31 Å². The van der Waals surface area contributed by atoms with Crippen molar-refractivity contribution in [3.8, 4) is 0 Å². The van der Waals surface area contributed by atoms with Gasteiger partial charge in [-0.05, 0) is 34.8 Å². The number of piperidine rings is 1. The van der Waals surface area contributed by atoms with Gasteiger partial charge in [-0.1, -0.05) is 0 Å². The van der Waals surface area contributed by atoms with Gasteiger partial charge < -0.3 is 5.11 Å². The van der Waals surface area contributed by atoms with Gasteiger partial charge >= 0.3 is 0 Å². The van der Waals surface area contributed by atoms with Crippen LogP contribution < -0.4 is 0 Å². The normalized spacial score (nSPS) is 18.7. The second kappa shape index (κ2) is 5.43. The Kier molecular flexibility index (Phi) is 4.24. The van der Waals surface area contributed by atoms with Crippen LogP contribution in [0.1, 0.15) is 12.8 Å². The van der Waals surface area contributed by atoms with Gasteiger partial charge in [0.05, 0.1) is 6.10 Å². The monoisotopic (exact) mass is 355 g/mol. The average Bonchev–Trinajstić information content (AvgIpc) is 2.27. The summed E-state index contributed by atoms with van der Waals surface area (Å²) in [6.07, 6.45) is 0.0761. The van der Waals surface area contributed by atoms with Crippen LogP contribution >= 0.6 is 15.9 Å². The first-order valence-electron chi connectivity index (χ1n) is 5.65. The number of aliphatic hydroxyl groups excluding tert-OH is 1. The molecule has 19 heavy (non-hydrogen) atoms. The largest absolute Gasteiger partial charge is 0.393 e. The minimum Gasteiger partial charge on any atom is -0.393 e. The standard InChI is InChI=1S/C11H12BrF2NO3S/c12-9-5-7(13)6-10(14)11(9)19(17,18)15-3-1-8(16)2-4-15/h5-6,8,16H,1-4H2. The summed E-state index contributed by atoms with van der Waals surface area (Å²) < 4.78 is 52.2. The molecule has 0 atom stereocenters. The molecule has 2 rings (SSSR count). The van der Waals surface area contributed by atoms with Crippen LogP contribution in [0.25, 0.3) is 0 Å². The average molecular weight is 356 g/mol. The summed E-state index contributed by atoms with van der Waals surface area (Å²) in [4.78, 5) is -0.565. The maximum atomic E-state index is 13.7. The van der Waals surface area contributed by atoms with Gasteiger partial charge in [0.15, 0.2) is 0 Å². The minimum absolute atomic E-state index is 0.118. The zero-order valence-electron chi connectivity index (χ0n) is 9.81. The smallest absolute Gasteiger partial charge is 0.247 e. The molecule has 1 saturated heterocycles. The molecule has 0 spiro atoms. The van der Waals surface area contributed by atoms with E-state index in [4.69, 9.17) is 0 Å². The fraction of sp³-hybridized carbons (Fsp3) is 0.455. The lowest BCUT2D eigenvalue weighted by molar-refractivity contribution is 0.113. The fourth-order valence-electron chi connectivity index (χ4n) is 1.99. The highest BCUT2D eigenvalue weighted by molar-refractivity contribution is 9.10. The van der Waals surface area contributed by atoms with E-state index >= 15 is 0 Å². The molecular weight excluding hydrogens is 344 g/mol. The zero-order valence-corrected chi connectivity index (χ0v) is 12.2. The highest BCUT2D eigenvalue weighted by atomic mass is 79.9. The second-order valence-corrected chi connectivity index (χ2v) is 7.06. The molecule has 0 amide bonds. The molecule has 1 aliphatic heterocycles. The fourth-order valence-corrected chi connectivity index (χ4v) is 4.57. The van der Waals surface area contributed by atoms with E-state index in [0.29, 0.717) is 18.9 Å². The van der Waals surface area contributed by atoms with Crippen molar-refractivity contribution in [1.82, 2.24) is 4.31 Å². The Labute approximate surface area is 118 Å². The van der Waals surface area contributed by atoms with E-state index in [1.165, 1.54) is 0 Å². The number of nitrogens with zero attached hydrogens (tertiary/aromatic N) is 1. The molecular formula is C11H12BrF2NO3S. The van der Waals surface area contributed by atoms with Crippen molar-refractivity contribution in [3.05, 3.63) is 28.2 Å². The second-order valence-electron chi connectivity index (χ2n) is 4.33. The van der Waals surface area contributed by atoms with Gasteiger partial charge in [0.1, 0.15) is 16.5 Å². The molecule has 1 aromatic carbocycles. The molecule has 0 radical (unpaired) electrons. The van der Waals surface area contributed by atoms with E-state index < -0.39 is 32.7 Å². The molecule has 0 unspecified atom stereocenters. The van der Waals surface area contributed by atoms with Gasteiger partial charge in [0.2, 0.25) is 10.0 Å². The molecule has 1 heterocycles. The number of benzene rings is 1. The zero-order chi connectivity index (χ0) is 14.2. The van der Waals surface area contributed by atoms with Crippen molar-refractivity contribution in [1.29, 1.82) is 0 Å². The predicted octanol–water partition coefficient (Wildman–Crippen LogP) is 1.87. The van der Waals surface area contributed by atoms with Crippen molar-refractivity contribution >= 4 is 26.0 Å². The third-order valence-electron chi connectivity index (χ3n) is 2.98. The molecule has 106 valence electrons. The number of halogens is 3. The Balaban J connectivity index is 2.40. The summed E-state index contributed by atoms with van der Waals surface area (Å²) in [5.41, 5.74) is 0. The Morgan fingerprint density at radius 1 is 1.26 bits per heavy atom. The lowest BCUT2D eigenvalue weighted by Gasteiger charge is -2.29. The molecule has 4 nitrogen and oxygen atoms in total. The first kappa shape index (κ1) is 14.8. The SMILES string of the molecule is O=S(=O)(c1c(F)cc(F)cc1Br)N1CCC(O)CC1. The van der Waals surface area contributed by atoms with E-state index in [0.717, 1.165) is 10.4 Å². The van der Waals surface area contributed by atoms with E-state index in [2.05, 4.69) is 15.9 Å². The van der Waals surface area contributed by atoms with Gasteiger partial charge in [0.25, 0.3) is 0 Å². The Hall–Kier alpha value is -0.570. The Morgan fingerprint density at radius 3 is 2.37 bits per heavy atom. The number of aliphatic hydroxyl groups is 1. The van der Waals surface area contributed by atoms with E-state index in [1.807, 2.05) is 0 Å². The Morgan fingerprint density at radius 2 is 1.84 bits per heavy atom. The maximum absolute atomic E-state index is 13.7. The summed E-state index contributed by atoms with van der Waals surface area (Å²) in [6.45, 7) is 0.236. The molecule has 0 aliphatic carbocycles. The summed E-state index contributed by atoms with van der Waals surface area (Å²) in [6, 6.07) is 1.45. The van der Waals surface area contributed by atoms with E-state index in [9.17, 15) is 22.3 Å². The van der Waals surface area contributed by atoms with Crippen LogP contribution in [0.5, 0.6) is 0 Å². The summed E-state index contributed by atoms with van der Waals surface area (Å²) >= 11 is 2.88. The van der Waals surface area contributed by atoms with Gasteiger partial charge in [-0.15, -0.1) is 0 Å². The highest BCUT2D eigenvalue weighted by Gasteiger charge is 2.32. The molecule has 8 heteroatoms. The molecule has 0 bridgehead atoms. The molecule has 0 aromatic heterocycles. The molecule has 1 aliphatic rings. The minimum atomic E-state index is -4.03. The quantitative estimate of drug-likeness (QED) is 0.880. The first-order chi connectivity index (χ1) is 8.82. The van der Waals surface area contributed by atoms with Crippen LogP contribution in [0.3, 0.4) is 0 Å². The third kappa shape index (κ3) is 2.96. The van der Waals surface area contributed by atoms with Crippen LogP contribution in [-0.2, 0) is 10.0 Å². The maximum Gasteiger partial charge on any atom is 0.247 e. The lowest BCUT2D eigenvalue weighted by Crippen LogP contribution is -2.40. The van der Waals surface area contributed by atoms with Crippen LogP contribution in [-0.4, -0.2) is 37.0 Å². The van der Waals surface area contributed by atoms with E-state index in [-0.39, 0.29) is 17.6 Å². The van der Waals surface area contributed by atoms with Crippen LogP contribution in [0.2, 0.25) is 0 Å². The predicted molar refractivity (Wildman–Crippen MR) is 68.1 cm³/mol. The summed E-state index contributed by atoms with van der Waals surface area (Å²) in [5, 5.41) is 9.35. The molecule has 1 aromatic rings. The van der Waals surface area contributed by atoms with Gasteiger partial charge in [0, 0.05) is 23.6 Å². The van der Waals surface area contributed by atoms with Crippen molar-refractivity contribution in [3.63, 3.8) is 0 Å². The van der Waals surface area contributed by atoms with Crippen molar-refractivity contribution in [2.75, 3.05) is 13.1 Å².